The summed E-state index contributed by atoms with van der Waals surface area (Å²) in [5, 5.41) is 5.00. The molecule has 22 heavy (non-hydrogen) atoms. The highest BCUT2D eigenvalue weighted by atomic mass is 32.1. The Morgan fingerprint density at radius 3 is 2.59 bits per heavy atom. The number of likely N-dealkylation sites (N-methyl/N-ethyl adjacent to an activating group) is 1. The molecule has 0 saturated carbocycles. The lowest BCUT2D eigenvalue weighted by molar-refractivity contribution is -0.120. The highest BCUT2D eigenvalue weighted by Crippen LogP contribution is 2.23. The Morgan fingerprint density at radius 2 is 1.95 bits per heavy atom. The first-order valence-corrected chi connectivity index (χ1v) is 7.79. The number of nitrogens with two attached hydrogens (primary N) is 1. The van der Waals surface area contributed by atoms with Gasteiger partial charge in [0, 0.05) is 6.54 Å². The van der Waals surface area contributed by atoms with Crippen LogP contribution in [0.1, 0.15) is 22.8 Å². The maximum atomic E-state index is 12.3. The third kappa shape index (κ3) is 3.93. The minimum Gasteiger partial charge on any atom is -0.366 e. The monoisotopic (exact) mass is 317 g/mol. The van der Waals surface area contributed by atoms with Crippen LogP contribution in [0.2, 0.25) is 0 Å². The lowest BCUT2D eigenvalue weighted by Gasteiger charge is -2.23. The zero-order chi connectivity index (χ0) is 16.1. The number of thiophene rings is 1. The van der Waals surface area contributed by atoms with E-state index in [1.807, 2.05) is 49.2 Å². The van der Waals surface area contributed by atoms with Crippen molar-refractivity contribution in [1.82, 2.24) is 4.90 Å². The van der Waals surface area contributed by atoms with Gasteiger partial charge in [-0.25, -0.2) is 0 Å². The van der Waals surface area contributed by atoms with Gasteiger partial charge in [0.25, 0.3) is 5.91 Å². The molecule has 2 aromatic rings. The molecule has 5 nitrogen and oxygen atoms in total. The molecule has 0 saturated heterocycles. The summed E-state index contributed by atoms with van der Waals surface area (Å²) < 4.78 is 0. The van der Waals surface area contributed by atoms with Crippen LogP contribution in [0, 0.1) is 0 Å². The molecular weight excluding hydrogens is 298 g/mol. The van der Waals surface area contributed by atoms with Crippen molar-refractivity contribution in [2.24, 2.45) is 5.73 Å². The number of anilines is 1. The molecule has 3 N–H and O–H groups in total. The van der Waals surface area contributed by atoms with Crippen LogP contribution in [-0.4, -0.2) is 29.8 Å². The summed E-state index contributed by atoms with van der Waals surface area (Å²) in [4.78, 5) is 25.5. The number of rotatable bonds is 6. The van der Waals surface area contributed by atoms with Crippen molar-refractivity contribution in [2.45, 2.75) is 19.5 Å². The van der Waals surface area contributed by atoms with E-state index in [-0.39, 0.29) is 11.9 Å². The molecule has 0 fully saturated rings. The van der Waals surface area contributed by atoms with E-state index >= 15 is 0 Å². The number of hydrogen-bond donors (Lipinski definition) is 2. The van der Waals surface area contributed by atoms with Gasteiger partial charge in [-0.3, -0.25) is 14.5 Å². The van der Waals surface area contributed by atoms with Crippen LogP contribution in [0.25, 0.3) is 0 Å². The number of amides is 2. The van der Waals surface area contributed by atoms with Crippen molar-refractivity contribution in [2.75, 3.05) is 12.4 Å². The molecular formula is C16H19N3O2S. The zero-order valence-corrected chi connectivity index (χ0v) is 13.4. The molecule has 0 radical (unpaired) electrons. The number of carbonyl (C=O) groups excluding carboxylic acids is 2. The fraction of sp³-hybridized carbons (Fsp3) is 0.250. The molecule has 0 aliphatic rings. The SMILES string of the molecule is C[C@@H](C(=O)Nc1sccc1C(N)=O)N(C)Cc1ccccc1. The molecule has 0 unspecified atom stereocenters. The second-order valence-electron chi connectivity index (χ2n) is 5.09. The molecule has 1 atom stereocenters. The minimum absolute atomic E-state index is 0.164. The average Bonchev–Trinajstić information content (AvgIpc) is 2.95. The largest absolute Gasteiger partial charge is 0.366 e. The highest BCUT2D eigenvalue weighted by molar-refractivity contribution is 7.14. The van der Waals surface area contributed by atoms with Gasteiger partial charge in [-0.05, 0) is 31.0 Å². The number of primary amides is 1. The number of benzene rings is 1. The fourth-order valence-electron chi connectivity index (χ4n) is 2.02. The minimum atomic E-state index is -0.540. The van der Waals surface area contributed by atoms with Gasteiger partial charge in [-0.2, -0.15) is 0 Å². The van der Waals surface area contributed by atoms with Crippen molar-refractivity contribution in [3.8, 4) is 0 Å². The summed E-state index contributed by atoms with van der Waals surface area (Å²) in [5.41, 5.74) is 6.76. The van der Waals surface area contributed by atoms with Gasteiger partial charge >= 0.3 is 0 Å². The molecule has 0 bridgehead atoms. The summed E-state index contributed by atoms with van der Waals surface area (Å²) in [5.74, 6) is -0.703. The zero-order valence-electron chi connectivity index (χ0n) is 12.6. The van der Waals surface area contributed by atoms with Gasteiger partial charge < -0.3 is 11.1 Å². The van der Waals surface area contributed by atoms with E-state index in [9.17, 15) is 9.59 Å². The van der Waals surface area contributed by atoms with Crippen LogP contribution < -0.4 is 11.1 Å². The van der Waals surface area contributed by atoms with Crippen molar-refractivity contribution in [1.29, 1.82) is 0 Å². The Bertz CT molecular complexity index is 654. The van der Waals surface area contributed by atoms with Crippen LogP contribution in [0.15, 0.2) is 41.8 Å². The smallest absolute Gasteiger partial charge is 0.251 e. The summed E-state index contributed by atoms with van der Waals surface area (Å²) in [6, 6.07) is 11.2. The third-order valence-corrected chi connectivity index (χ3v) is 4.31. The number of nitrogens with one attached hydrogen (secondary N) is 1. The maximum absolute atomic E-state index is 12.3. The lowest BCUT2D eigenvalue weighted by Crippen LogP contribution is -2.39. The predicted molar refractivity (Wildman–Crippen MR) is 88.8 cm³/mol. The third-order valence-electron chi connectivity index (χ3n) is 3.48. The predicted octanol–water partition coefficient (Wildman–Crippen LogP) is 2.31. The van der Waals surface area contributed by atoms with Crippen LogP contribution >= 0.6 is 11.3 Å². The number of hydrogen-bond acceptors (Lipinski definition) is 4. The Kier molecular flexibility index (Phi) is 5.30. The maximum Gasteiger partial charge on any atom is 0.251 e. The molecule has 2 rings (SSSR count). The molecule has 116 valence electrons. The van der Waals surface area contributed by atoms with E-state index in [0.717, 1.165) is 5.56 Å². The van der Waals surface area contributed by atoms with Gasteiger partial charge in [0.1, 0.15) is 5.00 Å². The van der Waals surface area contributed by atoms with Crippen LogP contribution in [-0.2, 0) is 11.3 Å². The van der Waals surface area contributed by atoms with Gasteiger partial charge in [-0.1, -0.05) is 30.3 Å². The average molecular weight is 317 g/mol. The number of carbonyl (C=O) groups is 2. The van der Waals surface area contributed by atoms with Crippen LogP contribution in [0.4, 0.5) is 5.00 Å². The van der Waals surface area contributed by atoms with Gasteiger partial charge in [0.05, 0.1) is 11.6 Å². The first-order chi connectivity index (χ1) is 10.5. The van der Waals surface area contributed by atoms with Crippen molar-refractivity contribution in [3.63, 3.8) is 0 Å². The second-order valence-corrected chi connectivity index (χ2v) is 6.01. The van der Waals surface area contributed by atoms with Crippen LogP contribution in [0.5, 0.6) is 0 Å². The summed E-state index contributed by atoms with van der Waals surface area (Å²) in [6.07, 6.45) is 0. The van der Waals surface area contributed by atoms with Crippen molar-refractivity contribution >= 4 is 28.2 Å². The van der Waals surface area contributed by atoms with E-state index < -0.39 is 5.91 Å². The molecule has 1 heterocycles. The van der Waals surface area contributed by atoms with E-state index in [1.54, 1.807) is 11.4 Å². The van der Waals surface area contributed by atoms with E-state index in [0.29, 0.717) is 17.1 Å². The summed E-state index contributed by atoms with van der Waals surface area (Å²) >= 11 is 1.29. The van der Waals surface area contributed by atoms with Crippen molar-refractivity contribution < 1.29 is 9.59 Å². The van der Waals surface area contributed by atoms with Crippen LogP contribution in [0.3, 0.4) is 0 Å². The fourth-order valence-corrected chi connectivity index (χ4v) is 2.82. The van der Waals surface area contributed by atoms with E-state index in [1.165, 1.54) is 11.3 Å². The van der Waals surface area contributed by atoms with E-state index in [4.69, 9.17) is 5.73 Å². The van der Waals surface area contributed by atoms with Gasteiger partial charge in [-0.15, -0.1) is 11.3 Å². The lowest BCUT2D eigenvalue weighted by atomic mass is 10.2. The van der Waals surface area contributed by atoms with E-state index in [2.05, 4.69) is 5.32 Å². The summed E-state index contributed by atoms with van der Waals surface area (Å²) in [7, 11) is 1.89. The number of nitrogens with zero attached hydrogens (tertiary/aromatic N) is 1. The second kappa shape index (κ2) is 7.20. The first-order valence-electron chi connectivity index (χ1n) is 6.91. The Morgan fingerprint density at radius 1 is 1.27 bits per heavy atom. The molecule has 6 heteroatoms. The molecule has 1 aromatic heterocycles. The first kappa shape index (κ1) is 16.2. The highest BCUT2D eigenvalue weighted by Gasteiger charge is 2.20. The molecule has 2 amide bonds. The molecule has 0 aliphatic heterocycles. The van der Waals surface area contributed by atoms with Gasteiger partial charge in [0.15, 0.2) is 0 Å². The summed E-state index contributed by atoms with van der Waals surface area (Å²) in [6.45, 7) is 2.50. The molecule has 0 aliphatic carbocycles. The molecule has 1 aromatic carbocycles. The quantitative estimate of drug-likeness (QED) is 0.858. The standard InChI is InChI=1S/C16H19N3O2S/c1-11(19(2)10-12-6-4-3-5-7-12)15(21)18-16-13(14(17)20)8-9-22-16/h3-9,11H,10H2,1-2H3,(H2,17,20)(H,18,21)/t11-/m0/s1. The topological polar surface area (TPSA) is 75.4 Å². The Hall–Kier alpha value is -2.18. The Labute approximate surface area is 133 Å². The molecule has 0 spiro atoms. The Balaban J connectivity index is 1.99. The normalized spacial score (nSPS) is 12.1. The van der Waals surface area contributed by atoms with Gasteiger partial charge in [0.2, 0.25) is 5.91 Å². The van der Waals surface area contributed by atoms with Crippen molar-refractivity contribution in [3.05, 3.63) is 52.9 Å².